The highest BCUT2D eigenvalue weighted by Crippen LogP contribution is 2.20. The molecule has 3 aromatic carbocycles. The SMILES string of the molecule is CCCCNC(=O)c1ccccc1NC(=O)c1cccc(CN2CCN(S(=O)(=O)c3ccccc3)CC2)c1. The topological polar surface area (TPSA) is 98.8 Å². The summed E-state index contributed by atoms with van der Waals surface area (Å²) in [4.78, 5) is 28.1. The summed E-state index contributed by atoms with van der Waals surface area (Å²) in [6.07, 6.45) is 1.88. The predicted molar refractivity (Wildman–Crippen MR) is 149 cm³/mol. The molecule has 1 aliphatic heterocycles. The second kappa shape index (κ2) is 12.8. The van der Waals surface area contributed by atoms with E-state index in [1.807, 2.05) is 18.2 Å². The van der Waals surface area contributed by atoms with Crippen LogP contribution in [0.3, 0.4) is 0 Å². The van der Waals surface area contributed by atoms with Crippen LogP contribution in [0.15, 0.2) is 83.8 Å². The minimum absolute atomic E-state index is 0.212. The van der Waals surface area contributed by atoms with Gasteiger partial charge < -0.3 is 10.6 Å². The first-order chi connectivity index (χ1) is 18.4. The van der Waals surface area contributed by atoms with Gasteiger partial charge in [-0.05, 0) is 48.4 Å². The Labute approximate surface area is 224 Å². The Morgan fingerprint density at radius 1 is 0.842 bits per heavy atom. The Hall–Kier alpha value is -3.53. The van der Waals surface area contributed by atoms with Gasteiger partial charge in [0.05, 0.1) is 16.1 Å². The van der Waals surface area contributed by atoms with Gasteiger partial charge in [-0.1, -0.05) is 55.8 Å². The van der Waals surface area contributed by atoms with Gasteiger partial charge in [0, 0.05) is 44.8 Å². The van der Waals surface area contributed by atoms with Gasteiger partial charge in [0.25, 0.3) is 11.8 Å². The van der Waals surface area contributed by atoms with Gasteiger partial charge in [-0.15, -0.1) is 0 Å². The molecule has 0 atom stereocenters. The smallest absolute Gasteiger partial charge is 0.255 e. The number of unbranched alkanes of at least 4 members (excludes halogenated alkanes) is 1. The van der Waals surface area contributed by atoms with Crippen LogP contribution in [0.5, 0.6) is 0 Å². The van der Waals surface area contributed by atoms with E-state index in [4.69, 9.17) is 0 Å². The lowest BCUT2D eigenvalue weighted by atomic mass is 10.1. The molecule has 2 amide bonds. The molecule has 0 aliphatic carbocycles. The van der Waals surface area contributed by atoms with Crippen LogP contribution in [-0.4, -0.2) is 62.2 Å². The Morgan fingerprint density at radius 3 is 2.29 bits per heavy atom. The van der Waals surface area contributed by atoms with E-state index in [-0.39, 0.29) is 11.8 Å². The number of benzene rings is 3. The number of anilines is 1. The molecule has 0 radical (unpaired) electrons. The summed E-state index contributed by atoms with van der Waals surface area (Å²) in [6.45, 7) is 5.28. The van der Waals surface area contributed by atoms with Crippen molar-refractivity contribution in [3.05, 3.63) is 95.6 Å². The minimum atomic E-state index is -3.50. The lowest BCUT2D eigenvalue weighted by Crippen LogP contribution is -2.48. The molecule has 0 spiro atoms. The van der Waals surface area contributed by atoms with E-state index >= 15 is 0 Å². The number of hydrogen-bond donors (Lipinski definition) is 2. The Bertz CT molecular complexity index is 1350. The van der Waals surface area contributed by atoms with Crippen LogP contribution in [0.2, 0.25) is 0 Å². The highest BCUT2D eigenvalue weighted by atomic mass is 32.2. The lowest BCUT2D eigenvalue weighted by Gasteiger charge is -2.34. The van der Waals surface area contributed by atoms with Crippen LogP contribution < -0.4 is 10.6 Å². The second-order valence-corrected chi connectivity index (χ2v) is 11.2. The predicted octanol–water partition coefficient (Wildman–Crippen LogP) is 3.98. The molecule has 1 fully saturated rings. The molecule has 9 heteroatoms. The van der Waals surface area contributed by atoms with Crippen molar-refractivity contribution in [3.8, 4) is 0 Å². The molecule has 2 N–H and O–H groups in total. The third-order valence-electron chi connectivity index (χ3n) is 6.54. The van der Waals surface area contributed by atoms with Crippen molar-refractivity contribution in [3.63, 3.8) is 0 Å². The van der Waals surface area contributed by atoms with Gasteiger partial charge in [-0.2, -0.15) is 4.31 Å². The molecule has 1 saturated heterocycles. The van der Waals surface area contributed by atoms with Crippen molar-refractivity contribution in [2.24, 2.45) is 0 Å². The number of piperazine rings is 1. The molecule has 0 saturated carbocycles. The fourth-order valence-corrected chi connectivity index (χ4v) is 5.84. The van der Waals surface area contributed by atoms with Crippen molar-refractivity contribution >= 4 is 27.5 Å². The Kier molecular flexibility index (Phi) is 9.28. The summed E-state index contributed by atoms with van der Waals surface area (Å²) in [5.41, 5.74) is 2.35. The van der Waals surface area contributed by atoms with Crippen molar-refractivity contribution < 1.29 is 18.0 Å². The maximum atomic E-state index is 13.1. The second-order valence-electron chi connectivity index (χ2n) is 9.30. The number of nitrogens with zero attached hydrogens (tertiary/aromatic N) is 2. The van der Waals surface area contributed by atoms with Gasteiger partial charge in [-0.25, -0.2) is 8.42 Å². The maximum absolute atomic E-state index is 13.1. The number of rotatable bonds is 10. The normalized spacial score (nSPS) is 14.7. The van der Waals surface area contributed by atoms with Gasteiger partial charge in [0.1, 0.15) is 0 Å². The van der Waals surface area contributed by atoms with E-state index in [0.717, 1.165) is 18.4 Å². The van der Waals surface area contributed by atoms with Gasteiger partial charge in [0.15, 0.2) is 0 Å². The number of sulfonamides is 1. The summed E-state index contributed by atoms with van der Waals surface area (Å²) in [6, 6.07) is 22.9. The van der Waals surface area contributed by atoms with Crippen LogP contribution in [0.1, 0.15) is 46.0 Å². The van der Waals surface area contributed by atoms with E-state index in [2.05, 4.69) is 22.5 Å². The molecule has 200 valence electrons. The number of nitrogens with one attached hydrogen (secondary N) is 2. The zero-order valence-corrected chi connectivity index (χ0v) is 22.4. The minimum Gasteiger partial charge on any atom is -0.352 e. The average Bonchev–Trinajstić information content (AvgIpc) is 2.94. The summed E-state index contributed by atoms with van der Waals surface area (Å²) in [5, 5.41) is 5.77. The molecule has 0 aromatic heterocycles. The van der Waals surface area contributed by atoms with Gasteiger partial charge in [0.2, 0.25) is 10.0 Å². The first-order valence-corrected chi connectivity index (χ1v) is 14.4. The Balaban J connectivity index is 1.36. The van der Waals surface area contributed by atoms with Gasteiger partial charge >= 0.3 is 0 Å². The highest BCUT2D eigenvalue weighted by molar-refractivity contribution is 7.89. The van der Waals surface area contributed by atoms with E-state index in [1.165, 1.54) is 4.31 Å². The van der Waals surface area contributed by atoms with Crippen molar-refractivity contribution in [2.45, 2.75) is 31.2 Å². The fourth-order valence-electron chi connectivity index (χ4n) is 4.40. The number of amides is 2. The zero-order valence-electron chi connectivity index (χ0n) is 21.6. The maximum Gasteiger partial charge on any atom is 0.255 e. The fraction of sp³-hybridized carbons (Fsp3) is 0.310. The molecule has 1 heterocycles. The van der Waals surface area contributed by atoms with Crippen molar-refractivity contribution in [1.82, 2.24) is 14.5 Å². The third-order valence-corrected chi connectivity index (χ3v) is 8.46. The van der Waals surface area contributed by atoms with E-state index in [0.29, 0.717) is 61.0 Å². The summed E-state index contributed by atoms with van der Waals surface area (Å²) >= 11 is 0. The Morgan fingerprint density at radius 2 is 1.55 bits per heavy atom. The number of carbonyl (C=O) groups excluding carboxylic acids is 2. The molecule has 4 rings (SSSR count). The van der Waals surface area contributed by atoms with Crippen LogP contribution in [0, 0.1) is 0 Å². The molecule has 0 bridgehead atoms. The average molecular weight is 535 g/mol. The summed E-state index contributed by atoms with van der Waals surface area (Å²) in [7, 11) is -3.50. The highest BCUT2D eigenvalue weighted by Gasteiger charge is 2.28. The molecule has 8 nitrogen and oxygen atoms in total. The lowest BCUT2D eigenvalue weighted by molar-refractivity contribution is 0.0954. The summed E-state index contributed by atoms with van der Waals surface area (Å²) < 4.78 is 27.3. The van der Waals surface area contributed by atoms with E-state index < -0.39 is 10.0 Å². The number of carbonyl (C=O) groups is 2. The van der Waals surface area contributed by atoms with Crippen LogP contribution in [0.25, 0.3) is 0 Å². The first-order valence-electron chi connectivity index (χ1n) is 12.9. The zero-order chi connectivity index (χ0) is 27.0. The molecule has 3 aromatic rings. The number of hydrogen-bond acceptors (Lipinski definition) is 5. The van der Waals surface area contributed by atoms with Gasteiger partial charge in [-0.3, -0.25) is 14.5 Å². The van der Waals surface area contributed by atoms with E-state index in [1.54, 1.807) is 60.7 Å². The summed E-state index contributed by atoms with van der Waals surface area (Å²) in [5.74, 6) is -0.504. The van der Waals surface area contributed by atoms with Crippen LogP contribution in [-0.2, 0) is 16.6 Å². The monoisotopic (exact) mass is 534 g/mol. The standard InChI is InChI=1S/C29H34N4O4S/c1-2-3-16-30-29(35)26-14-7-8-15-27(26)31-28(34)24-11-9-10-23(21-24)22-32-17-19-33(20-18-32)38(36,37)25-12-5-4-6-13-25/h4-15,21H,2-3,16-20,22H2,1H3,(H,30,35)(H,31,34). The van der Waals surface area contributed by atoms with Crippen molar-refractivity contribution in [2.75, 3.05) is 38.0 Å². The molecule has 1 aliphatic rings. The van der Waals surface area contributed by atoms with E-state index in [9.17, 15) is 18.0 Å². The van der Waals surface area contributed by atoms with Crippen LogP contribution in [0.4, 0.5) is 5.69 Å². The molecular weight excluding hydrogens is 500 g/mol. The quantitative estimate of drug-likeness (QED) is 0.384. The molecular formula is C29H34N4O4S. The molecule has 0 unspecified atom stereocenters. The number of para-hydroxylation sites is 1. The molecule has 38 heavy (non-hydrogen) atoms. The largest absolute Gasteiger partial charge is 0.352 e. The van der Waals surface area contributed by atoms with Crippen molar-refractivity contribution in [1.29, 1.82) is 0 Å². The third kappa shape index (κ3) is 6.86. The first kappa shape index (κ1) is 27.5. The van der Waals surface area contributed by atoms with Crippen LogP contribution >= 0.6 is 0 Å².